The molecular weight excluding hydrogens is 231 g/mol. The van der Waals surface area contributed by atoms with Gasteiger partial charge in [0, 0.05) is 0 Å². The zero-order valence-electron chi connectivity index (χ0n) is 9.05. The lowest BCUT2D eigenvalue weighted by molar-refractivity contribution is -0.386. The maximum atomic E-state index is 12.8. The summed E-state index contributed by atoms with van der Waals surface area (Å²) in [5.41, 5.74) is 4.51. The Morgan fingerprint density at radius 2 is 2.29 bits per heavy atom. The summed E-state index contributed by atoms with van der Waals surface area (Å²) in [6.07, 6.45) is -0.705. The van der Waals surface area contributed by atoms with Crippen molar-refractivity contribution in [1.82, 2.24) is 0 Å². The van der Waals surface area contributed by atoms with Gasteiger partial charge in [0.2, 0.25) is 0 Å². The van der Waals surface area contributed by atoms with Gasteiger partial charge in [0.15, 0.2) is 11.9 Å². The van der Waals surface area contributed by atoms with Crippen LogP contribution in [0.3, 0.4) is 0 Å². The molecule has 0 bridgehead atoms. The number of halogens is 1. The van der Waals surface area contributed by atoms with Gasteiger partial charge in [-0.1, -0.05) is 6.92 Å². The van der Waals surface area contributed by atoms with E-state index in [-0.39, 0.29) is 12.2 Å². The molecule has 2 N–H and O–H groups in total. The Morgan fingerprint density at radius 3 is 2.76 bits per heavy atom. The molecule has 0 saturated heterocycles. The van der Waals surface area contributed by atoms with Gasteiger partial charge in [-0.25, -0.2) is 4.39 Å². The van der Waals surface area contributed by atoms with Crippen molar-refractivity contribution in [3.63, 3.8) is 0 Å². The van der Waals surface area contributed by atoms with Crippen molar-refractivity contribution in [1.29, 1.82) is 0 Å². The van der Waals surface area contributed by atoms with Crippen LogP contribution < -0.4 is 10.5 Å². The highest BCUT2D eigenvalue weighted by Crippen LogP contribution is 2.28. The van der Waals surface area contributed by atoms with Gasteiger partial charge in [0.05, 0.1) is 11.0 Å². The Kier molecular flexibility index (Phi) is 3.97. The van der Waals surface area contributed by atoms with E-state index in [2.05, 4.69) is 0 Å². The average molecular weight is 242 g/mol. The largest absolute Gasteiger partial charge is 0.473 e. The summed E-state index contributed by atoms with van der Waals surface area (Å²) < 4.78 is 17.9. The number of ether oxygens (including phenoxy) is 1. The standard InChI is InChI=1S/C10H11FN2O4/c1-2-8(10(12)14)17-9-4-3-6(11)5-7(9)13(15)16/h3-5,8H,2H2,1H3,(H2,12,14). The summed E-state index contributed by atoms with van der Waals surface area (Å²) in [6, 6.07) is 2.83. The number of rotatable bonds is 5. The molecule has 0 aliphatic carbocycles. The van der Waals surface area contributed by atoms with Gasteiger partial charge in [-0.3, -0.25) is 14.9 Å². The van der Waals surface area contributed by atoms with Gasteiger partial charge in [0.1, 0.15) is 5.82 Å². The van der Waals surface area contributed by atoms with Gasteiger partial charge in [-0.05, 0) is 18.6 Å². The number of nitrogens with zero attached hydrogens (tertiary/aromatic N) is 1. The number of nitrogens with two attached hydrogens (primary N) is 1. The third-order valence-corrected chi connectivity index (χ3v) is 2.08. The summed E-state index contributed by atoms with van der Waals surface area (Å²) in [4.78, 5) is 20.8. The van der Waals surface area contributed by atoms with E-state index in [1.54, 1.807) is 6.92 Å². The van der Waals surface area contributed by atoms with E-state index in [9.17, 15) is 19.3 Å². The van der Waals surface area contributed by atoms with E-state index in [0.29, 0.717) is 0 Å². The zero-order chi connectivity index (χ0) is 13.0. The smallest absolute Gasteiger partial charge is 0.313 e. The Bertz CT molecular complexity index is 450. The molecule has 1 aromatic rings. The monoisotopic (exact) mass is 242 g/mol. The molecule has 0 spiro atoms. The molecule has 1 rings (SSSR count). The van der Waals surface area contributed by atoms with E-state index in [1.807, 2.05) is 0 Å². The SMILES string of the molecule is CCC(Oc1ccc(F)cc1[N+](=O)[O-])C(N)=O. The predicted molar refractivity (Wildman–Crippen MR) is 57.0 cm³/mol. The number of amides is 1. The lowest BCUT2D eigenvalue weighted by atomic mass is 10.2. The summed E-state index contributed by atoms with van der Waals surface area (Å²) >= 11 is 0. The minimum Gasteiger partial charge on any atom is -0.473 e. The number of carbonyl (C=O) groups is 1. The molecule has 1 aromatic carbocycles. The Labute approximate surface area is 96.3 Å². The number of nitro groups is 1. The van der Waals surface area contributed by atoms with E-state index in [4.69, 9.17) is 10.5 Å². The van der Waals surface area contributed by atoms with Gasteiger partial charge in [-0.15, -0.1) is 0 Å². The minimum absolute atomic E-state index is 0.179. The second-order valence-corrected chi connectivity index (χ2v) is 3.29. The normalized spacial score (nSPS) is 11.9. The van der Waals surface area contributed by atoms with E-state index in [0.717, 1.165) is 18.2 Å². The molecule has 1 atom stereocenters. The molecule has 1 amide bonds. The molecule has 92 valence electrons. The number of hydrogen-bond acceptors (Lipinski definition) is 4. The number of carbonyl (C=O) groups excluding carboxylic acids is 1. The average Bonchev–Trinajstić information content (AvgIpc) is 2.26. The molecule has 0 aliphatic rings. The molecule has 0 aliphatic heterocycles. The molecule has 7 heteroatoms. The number of primary amides is 1. The van der Waals surface area contributed by atoms with Crippen LogP contribution in [0.1, 0.15) is 13.3 Å². The van der Waals surface area contributed by atoms with Crippen molar-refractivity contribution in [2.75, 3.05) is 0 Å². The Balaban J connectivity index is 3.05. The van der Waals surface area contributed by atoms with Crippen molar-refractivity contribution >= 4 is 11.6 Å². The third kappa shape index (κ3) is 3.13. The van der Waals surface area contributed by atoms with E-state index < -0.39 is 28.4 Å². The fourth-order valence-corrected chi connectivity index (χ4v) is 1.23. The van der Waals surface area contributed by atoms with E-state index in [1.165, 1.54) is 0 Å². The highest BCUT2D eigenvalue weighted by molar-refractivity contribution is 5.79. The van der Waals surface area contributed by atoms with Crippen molar-refractivity contribution < 1.29 is 18.8 Å². The quantitative estimate of drug-likeness (QED) is 0.623. The van der Waals surface area contributed by atoms with Gasteiger partial charge in [-0.2, -0.15) is 0 Å². The topological polar surface area (TPSA) is 95.5 Å². The Hall–Kier alpha value is -2.18. The first-order chi connectivity index (χ1) is 7.95. The first kappa shape index (κ1) is 12.9. The molecule has 0 fully saturated rings. The van der Waals surface area contributed by atoms with E-state index >= 15 is 0 Å². The highest BCUT2D eigenvalue weighted by atomic mass is 19.1. The molecule has 0 aromatic heterocycles. The molecule has 17 heavy (non-hydrogen) atoms. The molecule has 1 unspecified atom stereocenters. The van der Waals surface area contributed by atoms with Crippen molar-refractivity contribution in [3.05, 3.63) is 34.1 Å². The fraction of sp³-hybridized carbons (Fsp3) is 0.300. The first-order valence-electron chi connectivity index (χ1n) is 4.85. The van der Waals surface area contributed by atoms with Crippen LogP contribution in [0.25, 0.3) is 0 Å². The summed E-state index contributed by atoms with van der Waals surface area (Å²) in [5.74, 6) is -1.66. The van der Waals surface area contributed by atoms with Crippen LogP contribution in [0, 0.1) is 15.9 Å². The minimum atomic E-state index is -0.973. The first-order valence-corrected chi connectivity index (χ1v) is 4.85. The maximum Gasteiger partial charge on any atom is 0.313 e. The van der Waals surface area contributed by atoms with Crippen LogP contribution in [-0.4, -0.2) is 16.9 Å². The summed E-state index contributed by atoms with van der Waals surface area (Å²) in [6.45, 7) is 1.64. The van der Waals surface area contributed by atoms with Gasteiger partial charge >= 0.3 is 5.69 Å². The second-order valence-electron chi connectivity index (χ2n) is 3.29. The van der Waals surface area contributed by atoms with Crippen LogP contribution in [-0.2, 0) is 4.79 Å². The molecular formula is C10H11FN2O4. The number of hydrogen-bond donors (Lipinski definition) is 1. The maximum absolute atomic E-state index is 12.8. The summed E-state index contributed by atoms with van der Waals surface area (Å²) in [7, 11) is 0. The highest BCUT2D eigenvalue weighted by Gasteiger charge is 2.22. The van der Waals surface area contributed by atoms with Crippen LogP contribution in [0.5, 0.6) is 5.75 Å². The number of nitro benzene ring substituents is 1. The van der Waals surface area contributed by atoms with Gasteiger partial charge in [0.25, 0.3) is 5.91 Å². The van der Waals surface area contributed by atoms with Crippen LogP contribution in [0.4, 0.5) is 10.1 Å². The predicted octanol–water partition coefficient (Wildman–Crippen LogP) is 1.38. The Morgan fingerprint density at radius 1 is 1.65 bits per heavy atom. The molecule has 0 saturated carbocycles. The molecule has 0 radical (unpaired) electrons. The number of benzene rings is 1. The van der Waals surface area contributed by atoms with Gasteiger partial charge < -0.3 is 10.5 Å². The van der Waals surface area contributed by atoms with Crippen LogP contribution in [0.15, 0.2) is 18.2 Å². The zero-order valence-corrected chi connectivity index (χ0v) is 9.05. The molecule has 0 heterocycles. The third-order valence-electron chi connectivity index (χ3n) is 2.08. The fourth-order valence-electron chi connectivity index (χ4n) is 1.23. The summed E-state index contributed by atoms with van der Waals surface area (Å²) in [5, 5.41) is 10.7. The van der Waals surface area contributed by atoms with Crippen LogP contribution in [0.2, 0.25) is 0 Å². The van der Waals surface area contributed by atoms with Crippen LogP contribution >= 0.6 is 0 Å². The molecule has 6 nitrogen and oxygen atoms in total. The van der Waals surface area contributed by atoms with Crippen molar-refractivity contribution in [2.24, 2.45) is 5.73 Å². The van der Waals surface area contributed by atoms with Crippen molar-refractivity contribution in [2.45, 2.75) is 19.4 Å². The lowest BCUT2D eigenvalue weighted by Gasteiger charge is -2.13. The lowest BCUT2D eigenvalue weighted by Crippen LogP contribution is -2.33. The van der Waals surface area contributed by atoms with Crippen molar-refractivity contribution in [3.8, 4) is 5.75 Å². The second kappa shape index (κ2) is 5.24.